The van der Waals surface area contributed by atoms with E-state index in [4.69, 9.17) is 10.8 Å². The van der Waals surface area contributed by atoms with Crippen molar-refractivity contribution >= 4 is 16.8 Å². The van der Waals surface area contributed by atoms with Gasteiger partial charge in [-0.25, -0.2) is 5.01 Å². The Bertz CT molecular complexity index is 1580. The van der Waals surface area contributed by atoms with Gasteiger partial charge in [0.15, 0.2) is 0 Å². The minimum absolute atomic E-state index is 0.155. The highest BCUT2D eigenvalue weighted by Gasteiger charge is 2.21. The maximum atomic E-state index is 13.6. The van der Waals surface area contributed by atoms with Crippen molar-refractivity contribution in [3.8, 4) is 11.1 Å². The lowest BCUT2D eigenvalue weighted by atomic mass is 9.96. The van der Waals surface area contributed by atoms with Gasteiger partial charge in [0.05, 0.1) is 0 Å². The normalized spacial score (nSPS) is 13.8. The summed E-state index contributed by atoms with van der Waals surface area (Å²) < 4.78 is 2.20. The molecule has 37 heavy (non-hydrogen) atoms. The largest absolute Gasteiger partial charge is 0.348 e. The van der Waals surface area contributed by atoms with Crippen molar-refractivity contribution in [2.75, 3.05) is 6.54 Å². The molecule has 0 spiro atoms. The average Bonchev–Trinajstić information content (AvgIpc) is 3.19. The van der Waals surface area contributed by atoms with Crippen molar-refractivity contribution in [1.29, 1.82) is 0 Å². The molecule has 1 amide bonds. The molecule has 5 rings (SSSR count). The van der Waals surface area contributed by atoms with Gasteiger partial charge in [0.1, 0.15) is 0 Å². The van der Waals surface area contributed by atoms with Crippen molar-refractivity contribution in [1.82, 2.24) is 24.9 Å². The molecule has 4 aromatic rings. The second kappa shape index (κ2) is 9.61. The van der Waals surface area contributed by atoms with Gasteiger partial charge >= 0.3 is 0 Å². The van der Waals surface area contributed by atoms with E-state index in [9.17, 15) is 9.59 Å². The molecule has 1 aliphatic rings. The summed E-state index contributed by atoms with van der Waals surface area (Å²) in [5.74, 6) is 5.85. The van der Waals surface area contributed by atoms with E-state index in [0.29, 0.717) is 17.7 Å². The van der Waals surface area contributed by atoms with E-state index in [1.807, 2.05) is 39.1 Å². The number of benzene rings is 1. The molecule has 1 aliphatic heterocycles. The fourth-order valence-electron chi connectivity index (χ4n) is 5.33. The first-order chi connectivity index (χ1) is 17.6. The van der Waals surface area contributed by atoms with Crippen LogP contribution in [0.15, 0.2) is 41.5 Å². The monoisotopic (exact) mass is 498 g/mol. The molecule has 4 heterocycles. The summed E-state index contributed by atoms with van der Waals surface area (Å²) in [6, 6.07) is 8.35. The van der Waals surface area contributed by atoms with E-state index < -0.39 is 0 Å². The van der Waals surface area contributed by atoms with Crippen molar-refractivity contribution in [3.63, 3.8) is 0 Å². The summed E-state index contributed by atoms with van der Waals surface area (Å²) >= 11 is 0. The topological polar surface area (TPSA) is 109 Å². The van der Waals surface area contributed by atoms with E-state index >= 15 is 0 Å². The minimum atomic E-state index is -0.213. The van der Waals surface area contributed by atoms with Crippen LogP contribution in [0.4, 0.5) is 0 Å². The first-order valence-electron chi connectivity index (χ1n) is 12.7. The predicted octanol–water partition coefficient (Wildman–Crippen LogP) is 4.06. The lowest BCUT2D eigenvalue weighted by Gasteiger charge is -2.24. The Balaban J connectivity index is 1.59. The summed E-state index contributed by atoms with van der Waals surface area (Å²) in [4.78, 5) is 33.7. The van der Waals surface area contributed by atoms with Gasteiger partial charge in [-0.3, -0.25) is 20.4 Å². The van der Waals surface area contributed by atoms with Crippen LogP contribution in [0.2, 0.25) is 0 Å². The molecule has 192 valence electrons. The van der Waals surface area contributed by atoms with Crippen LogP contribution in [0.3, 0.4) is 0 Å². The summed E-state index contributed by atoms with van der Waals surface area (Å²) in [7, 11) is 0. The molecule has 0 bridgehead atoms. The molecule has 0 unspecified atom stereocenters. The first kappa shape index (κ1) is 24.9. The third kappa shape index (κ3) is 4.70. The number of carbonyl (C=O) groups excluding carboxylic acids is 1. The molecule has 0 atom stereocenters. The number of aromatic nitrogens is 3. The zero-order chi connectivity index (χ0) is 26.4. The van der Waals surface area contributed by atoms with Gasteiger partial charge in [-0.05, 0) is 81.1 Å². The Labute approximate surface area is 216 Å². The summed E-state index contributed by atoms with van der Waals surface area (Å²) in [6.45, 7) is 11.6. The number of fused-ring (bicyclic) bond motifs is 2. The fraction of sp³-hybridized carbons (Fsp3) is 0.345. The molecule has 0 radical (unpaired) electrons. The molecular weight excluding hydrogens is 464 g/mol. The van der Waals surface area contributed by atoms with E-state index in [1.165, 1.54) is 0 Å². The number of hydrogen-bond donors (Lipinski definition) is 3. The Morgan fingerprint density at radius 3 is 2.65 bits per heavy atom. The summed E-state index contributed by atoms with van der Waals surface area (Å²) in [5.41, 5.74) is 8.73. The van der Waals surface area contributed by atoms with Crippen molar-refractivity contribution in [3.05, 3.63) is 86.2 Å². The van der Waals surface area contributed by atoms with E-state index in [0.717, 1.165) is 63.1 Å². The summed E-state index contributed by atoms with van der Waals surface area (Å²) in [6.07, 6.45) is 4.81. The molecule has 0 saturated carbocycles. The van der Waals surface area contributed by atoms with Crippen molar-refractivity contribution in [2.24, 2.45) is 5.84 Å². The second-order valence-corrected chi connectivity index (χ2v) is 10.4. The number of H-pyrrole nitrogens is 1. The second-order valence-electron chi connectivity index (χ2n) is 10.4. The van der Waals surface area contributed by atoms with Gasteiger partial charge in [0.25, 0.3) is 11.5 Å². The van der Waals surface area contributed by atoms with E-state index in [-0.39, 0.29) is 24.1 Å². The standard InChI is InChI=1S/C29H34N6O2/c1-16(2)35-14-18(4)27-23(28(36)32-13-24-17(3)8-19(5)33-29(24)37)10-20(11-26(27)35)21-9-22-15-34(30)7-6-25(22)31-12-21/h8-12,14,16H,6-7,13,15,30H2,1-5H3,(H,32,36)(H,33,37). The van der Waals surface area contributed by atoms with Crippen LogP contribution >= 0.6 is 0 Å². The Morgan fingerprint density at radius 1 is 1.14 bits per heavy atom. The first-order valence-corrected chi connectivity index (χ1v) is 12.7. The Morgan fingerprint density at radius 2 is 1.92 bits per heavy atom. The zero-order valence-corrected chi connectivity index (χ0v) is 22.1. The molecular formula is C29H34N6O2. The number of amides is 1. The molecule has 1 aromatic carbocycles. The molecule has 8 heteroatoms. The van der Waals surface area contributed by atoms with Crippen LogP contribution in [0.1, 0.15) is 63.9 Å². The lowest BCUT2D eigenvalue weighted by Crippen LogP contribution is -2.36. The van der Waals surface area contributed by atoms with Gasteiger partial charge in [-0.15, -0.1) is 0 Å². The van der Waals surface area contributed by atoms with E-state index in [1.54, 1.807) is 5.01 Å². The lowest BCUT2D eigenvalue weighted by molar-refractivity contribution is 0.0952. The number of carbonyl (C=O) groups is 1. The number of nitrogens with one attached hydrogen (secondary N) is 2. The molecule has 4 N–H and O–H groups in total. The number of rotatable bonds is 5. The van der Waals surface area contributed by atoms with Crippen LogP contribution < -0.4 is 16.7 Å². The number of nitrogens with two attached hydrogens (primary N) is 1. The molecule has 3 aromatic heterocycles. The van der Waals surface area contributed by atoms with Gasteiger partial charge in [0, 0.05) is 83.5 Å². The number of nitrogens with zero attached hydrogens (tertiary/aromatic N) is 3. The van der Waals surface area contributed by atoms with Gasteiger partial charge in [-0.2, -0.15) is 0 Å². The SMILES string of the molecule is Cc1cc(C)c(CNC(=O)c2cc(-c3cnc4c(c3)CN(N)CC4)cc3c2c(C)cn3C(C)C)c(=O)[nH]1. The molecule has 0 fully saturated rings. The van der Waals surface area contributed by atoms with Crippen LogP contribution in [0.25, 0.3) is 22.0 Å². The van der Waals surface area contributed by atoms with Crippen LogP contribution in [0, 0.1) is 20.8 Å². The maximum Gasteiger partial charge on any atom is 0.253 e. The van der Waals surface area contributed by atoms with Crippen LogP contribution in [0.5, 0.6) is 0 Å². The number of pyridine rings is 2. The highest BCUT2D eigenvalue weighted by Crippen LogP contribution is 2.33. The Hall–Kier alpha value is -3.75. The fourth-order valence-corrected chi connectivity index (χ4v) is 5.33. The van der Waals surface area contributed by atoms with Gasteiger partial charge in [-0.1, -0.05) is 0 Å². The van der Waals surface area contributed by atoms with Gasteiger partial charge < -0.3 is 14.9 Å². The van der Waals surface area contributed by atoms with Crippen LogP contribution in [-0.4, -0.2) is 32.0 Å². The maximum absolute atomic E-state index is 13.6. The quantitative estimate of drug-likeness (QED) is 0.360. The molecule has 0 aliphatic carbocycles. The van der Waals surface area contributed by atoms with Gasteiger partial charge in [0.2, 0.25) is 0 Å². The molecule has 0 saturated heterocycles. The predicted molar refractivity (Wildman–Crippen MR) is 146 cm³/mol. The third-order valence-electron chi connectivity index (χ3n) is 7.25. The number of hydrogen-bond acceptors (Lipinski definition) is 5. The highest BCUT2D eigenvalue weighted by molar-refractivity contribution is 6.09. The Kier molecular flexibility index (Phi) is 6.47. The van der Waals surface area contributed by atoms with Crippen molar-refractivity contribution < 1.29 is 4.79 Å². The number of hydrazine groups is 1. The minimum Gasteiger partial charge on any atom is -0.348 e. The van der Waals surface area contributed by atoms with Crippen molar-refractivity contribution in [2.45, 2.75) is 60.2 Å². The summed E-state index contributed by atoms with van der Waals surface area (Å²) in [5, 5.41) is 5.73. The number of aryl methyl sites for hydroxylation is 3. The third-order valence-corrected chi connectivity index (χ3v) is 7.25. The average molecular weight is 499 g/mol. The highest BCUT2D eigenvalue weighted by atomic mass is 16.1. The number of aromatic amines is 1. The zero-order valence-electron chi connectivity index (χ0n) is 22.1. The smallest absolute Gasteiger partial charge is 0.253 e. The van der Waals surface area contributed by atoms with E-state index in [2.05, 4.69) is 47.0 Å². The molecule has 8 nitrogen and oxygen atoms in total. The van der Waals surface area contributed by atoms with Crippen LogP contribution in [-0.2, 0) is 19.5 Å².